The van der Waals surface area contributed by atoms with Gasteiger partial charge in [-0.15, -0.1) is 0 Å². The second kappa shape index (κ2) is 2.98. The summed E-state index contributed by atoms with van der Waals surface area (Å²) in [6.07, 6.45) is 2.35. The standard InChI is InChI=1S/C10H14N2O/c1-7-5-8(2)12(11-7)9-3-4-10(13)6-9/h5,9H,3-4,6H2,1-2H3. The van der Waals surface area contributed by atoms with Crippen LogP contribution in [0.4, 0.5) is 0 Å². The molecule has 2 rings (SSSR count). The van der Waals surface area contributed by atoms with Gasteiger partial charge in [0.2, 0.25) is 0 Å². The molecule has 70 valence electrons. The fraction of sp³-hybridized carbons (Fsp3) is 0.600. The van der Waals surface area contributed by atoms with Gasteiger partial charge in [-0.1, -0.05) is 0 Å². The van der Waals surface area contributed by atoms with Crippen LogP contribution < -0.4 is 0 Å². The molecule has 1 aromatic rings. The molecule has 0 aliphatic heterocycles. The van der Waals surface area contributed by atoms with Gasteiger partial charge in [0, 0.05) is 18.5 Å². The lowest BCUT2D eigenvalue weighted by molar-refractivity contribution is -0.117. The zero-order valence-electron chi connectivity index (χ0n) is 8.08. The largest absolute Gasteiger partial charge is 0.300 e. The van der Waals surface area contributed by atoms with E-state index in [1.165, 1.54) is 0 Å². The molecule has 0 radical (unpaired) electrons. The average Bonchev–Trinajstić information content (AvgIpc) is 2.58. The Morgan fingerprint density at radius 1 is 1.54 bits per heavy atom. The fourth-order valence-electron chi connectivity index (χ4n) is 2.02. The molecule has 1 atom stereocenters. The van der Waals surface area contributed by atoms with Crippen LogP contribution in [0.25, 0.3) is 0 Å². The summed E-state index contributed by atoms with van der Waals surface area (Å²) in [5.41, 5.74) is 2.20. The number of nitrogens with zero attached hydrogens (tertiary/aromatic N) is 2. The zero-order chi connectivity index (χ0) is 9.42. The molecule has 1 aromatic heterocycles. The highest BCUT2D eigenvalue weighted by Crippen LogP contribution is 2.27. The molecule has 0 bridgehead atoms. The molecule has 3 heteroatoms. The van der Waals surface area contributed by atoms with Crippen LogP contribution in [-0.4, -0.2) is 15.6 Å². The number of ketones is 1. The number of carbonyl (C=O) groups excluding carboxylic acids is 1. The lowest BCUT2D eigenvalue weighted by atomic mass is 10.2. The molecule has 0 spiro atoms. The molecule has 1 saturated carbocycles. The third kappa shape index (κ3) is 1.50. The molecule has 1 aliphatic carbocycles. The van der Waals surface area contributed by atoms with Crippen LogP contribution in [0, 0.1) is 13.8 Å². The second-order valence-corrected chi connectivity index (χ2v) is 3.81. The van der Waals surface area contributed by atoms with E-state index >= 15 is 0 Å². The normalized spacial score (nSPS) is 22.6. The summed E-state index contributed by atoms with van der Waals surface area (Å²) in [5, 5.41) is 4.39. The van der Waals surface area contributed by atoms with Gasteiger partial charge in [-0.2, -0.15) is 5.10 Å². The number of hydrogen-bond acceptors (Lipinski definition) is 2. The van der Waals surface area contributed by atoms with Crippen molar-refractivity contribution in [1.82, 2.24) is 9.78 Å². The van der Waals surface area contributed by atoms with Crippen molar-refractivity contribution in [2.45, 2.75) is 39.2 Å². The van der Waals surface area contributed by atoms with Gasteiger partial charge in [0.1, 0.15) is 5.78 Å². The molecule has 13 heavy (non-hydrogen) atoms. The first-order valence-electron chi connectivity index (χ1n) is 4.71. The van der Waals surface area contributed by atoms with Crippen LogP contribution in [0.15, 0.2) is 6.07 Å². The number of hydrogen-bond donors (Lipinski definition) is 0. The van der Waals surface area contributed by atoms with Gasteiger partial charge < -0.3 is 0 Å². The molecule has 1 fully saturated rings. The molecule has 0 amide bonds. The monoisotopic (exact) mass is 178 g/mol. The van der Waals surface area contributed by atoms with Crippen molar-refractivity contribution in [3.63, 3.8) is 0 Å². The van der Waals surface area contributed by atoms with Gasteiger partial charge in [0.25, 0.3) is 0 Å². The van der Waals surface area contributed by atoms with Gasteiger partial charge >= 0.3 is 0 Å². The second-order valence-electron chi connectivity index (χ2n) is 3.81. The molecule has 1 heterocycles. The van der Waals surface area contributed by atoms with E-state index in [2.05, 4.69) is 11.2 Å². The van der Waals surface area contributed by atoms with E-state index in [9.17, 15) is 4.79 Å². The SMILES string of the molecule is Cc1cc(C)n(C2CCC(=O)C2)n1. The number of aromatic nitrogens is 2. The maximum Gasteiger partial charge on any atom is 0.135 e. The molecular formula is C10H14N2O. The van der Waals surface area contributed by atoms with Crippen LogP contribution in [0.5, 0.6) is 0 Å². The summed E-state index contributed by atoms with van der Waals surface area (Å²) in [7, 11) is 0. The first kappa shape index (κ1) is 8.48. The molecular weight excluding hydrogens is 164 g/mol. The Kier molecular flexibility index (Phi) is 1.94. The quantitative estimate of drug-likeness (QED) is 0.657. The van der Waals surface area contributed by atoms with E-state index in [4.69, 9.17) is 0 Å². The maximum atomic E-state index is 11.1. The summed E-state index contributed by atoms with van der Waals surface area (Å²) in [4.78, 5) is 11.1. The maximum absolute atomic E-state index is 11.1. The van der Waals surface area contributed by atoms with Crippen molar-refractivity contribution in [1.29, 1.82) is 0 Å². The van der Waals surface area contributed by atoms with Crippen molar-refractivity contribution < 1.29 is 4.79 Å². The van der Waals surface area contributed by atoms with Crippen LogP contribution >= 0.6 is 0 Å². The minimum Gasteiger partial charge on any atom is -0.300 e. The Balaban J connectivity index is 2.25. The summed E-state index contributed by atoms with van der Waals surface area (Å²) >= 11 is 0. The van der Waals surface area contributed by atoms with Gasteiger partial charge in [-0.25, -0.2) is 0 Å². The first-order chi connectivity index (χ1) is 6.16. The Hall–Kier alpha value is -1.12. The van der Waals surface area contributed by atoms with Crippen molar-refractivity contribution in [3.8, 4) is 0 Å². The van der Waals surface area contributed by atoms with Crippen LogP contribution in [0.3, 0.4) is 0 Å². The van der Waals surface area contributed by atoms with E-state index in [0.717, 1.165) is 24.2 Å². The summed E-state index contributed by atoms with van der Waals surface area (Å²) < 4.78 is 2.00. The smallest absolute Gasteiger partial charge is 0.135 e. The first-order valence-corrected chi connectivity index (χ1v) is 4.71. The van der Waals surface area contributed by atoms with Crippen molar-refractivity contribution in [3.05, 3.63) is 17.5 Å². The Morgan fingerprint density at radius 2 is 2.31 bits per heavy atom. The van der Waals surface area contributed by atoms with Crippen molar-refractivity contribution >= 4 is 5.78 Å². The summed E-state index contributed by atoms with van der Waals surface area (Å²) in [5.74, 6) is 0.373. The Bertz CT molecular complexity index is 341. The van der Waals surface area contributed by atoms with E-state index in [-0.39, 0.29) is 0 Å². The topological polar surface area (TPSA) is 34.9 Å². The van der Waals surface area contributed by atoms with Crippen molar-refractivity contribution in [2.24, 2.45) is 0 Å². The predicted molar refractivity (Wildman–Crippen MR) is 49.6 cm³/mol. The molecule has 1 unspecified atom stereocenters. The molecule has 3 nitrogen and oxygen atoms in total. The van der Waals surface area contributed by atoms with Gasteiger partial charge in [-0.3, -0.25) is 9.48 Å². The van der Waals surface area contributed by atoms with Crippen molar-refractivity contribution in [2.75, 3.05) is 0 Å². The molecule has 0 aromatic carbocycles. The van der Waals surface area contributed by atoms with Gasteiger partial charge in [-0.05, 0) is 26.3 Å². The minimum atomic E-state index is 0.321. The molecule has 1 aliphatic rings. The van der Waals surface area contributed by atoms with E-state index in [0.29, 0.717) is 18.2 Å². The average molecular weight is 178 g/mol. The highest BCUT2D eigenvalue weighted by Gasteiger charge is 2.24. The lowest BCUT2D eigenvalue weighted by Gasteiger charge is -2.10. The summed E-state index contributed by atoms with van der Waals surface area (Å²) in [6.45, 7) is 4.03. The number of Topliss-reactive ketones (excluding diaryl/α,β-unsaturated/α-hetero) is 1. The van der Waals surface area contributed by atoms with E-state index < -0.39 is 0 Å². The Morgan fingerprint density at radius 3 is 2.77 bits per heavy atom. The number of carbonyl (C=O) groups is 1. The Labute approximate surface area is 77.7 Å². The lowest BCUT2D eigenvalue weighted by Crippen LogP contribution is -2.09. The van der Waals surface area contributed by atoms with E-state index in [1.54, 1.807) is 0 Å². The zero-order valence-corrected chi connectivity index (χ0v) is 8.08. The highest BCUT2D eigenvalue weighted by atomic mass is 16.1. The molecule has 0 N–H and O–H groups in total. The summed E-state index contributed by atoms with van der Waals surface area (Å²) in [6, 6.07) is 2.38. The van der Waals surface area contributed by atoms with Crippen LogP contribution in [0.1, 0.15) is 36.7 Å². The number of rotatable bonds is 1. The predicted octanol–water partition coefficient (Wildman–Crippen LogP) is 1.79. The van der Waals surface area contributed by atoms with Crippen LogP contribution in [0.2, 0.25) is 0 Å². The van der Waals surface area contributed by atoms with Crippen LogP contribution in [-0.2, 0) is 4.79 Å². The minimum absolute atomic E-state index is 0.321. The van der Waals surface area contributed by atoms with Gasteiger partial charge in [0.05, 0.1) is 11.7 Å². The third-order valence-electron chi connectivity index (χ3n) is 2.61. The molecule has 0 saturated heterocycles. The highest BCUT2D eigenvalue weighted by molar-refractivity contribution is 5.80. The van der Waals surface area contributed by atoms with E-state index in [1.807, 2.05) is 18.5 Å². The van der Waals surface area contributed by atoms with Gasteiger partial charge in [0.15, 0.2) is 0 Å². The fourth-order valence-corrected chi connectivity index (χ4v) is 2.02. The number of aryl methyl sites for hydroxylation is 2. The third-order valence-corrected chi connectivity index (χ3v) is 2.61.